The van der Waals surface area contributed by atoms with Crippen LogP contribution in [0.2, 0.25) is 0 Å². The number of rotatable bonds is 14. The molecule has 0 atom stereocenters. The summed E-state index contributed by atoms with van der Waals surface area (Å²) in [6, 6.07) is 21.1. The third-order valence-electron chi connectivity index (χ3n) is 7.56. The zero-order valence-corrected chi connectivity index (χ0v) is 29.2. The summed E-state index contributed by atoms with van der Waals surface area (Å²) >= 11 is 0. The number of fused-ring (bicyclic) bond motifs is 2. The monoisotopic (exact) mass is 650 g/mol. The van der Waals surface area contributed by atoms with E-state index in [1.807, 2.05) is 36.4 Å². The van der Waals surface area contributed by atoms with E-state index in [0.717, 1.165) is 58.4 Å². The number of aryl methyl sites for hydroxylation is 2. The van der Waals surface area contributed by atoms with Gasteiger partial charge in [-0.05, 0) is 82.6 Å². The van der Waals surface area contributed by atoms with E-state index in [1.165, 1.54) is 75.6 Å². The van der Waals surface area contributed by atoms with E-state index in [-0.39, 0.29) is 47.5 Å². The molecular formula is C34H42CaO6S2. The van der Waals surface area contributed by atoms with Crippen LogP contribution in [-0.2, 0) is 33.1 Å². The van der Waals surface area contributed by atoms with Gasteiger partial charge in [0.05, 0.1) is 9.79 Å². The first kappa shape index (κ1) is 37.7. The molecule has 4 rings (SSSR count). The largest absolute Gasteiger partial charge is 2.00 e. The topological polar surface area (TPSA) is 114 Å². The molecule has 9 heteroatoms. The molecule has 0 amide bonds. The van der Waals surface area contributed by atoms with Crippen LogP contribution in [-0.4, -0.2) is 63.7 Å². The molecule has 0 saturated heterocycles. The Balaban J connectivity index is 0.000000293. The number of hydrogen-bond donors (Lipinski definition) is 0. The normalized spacial score (nSPS) is 11.6. The van der Waals surface area contributed by atoms with E-state index >= 15 is 0 Å². The smallest absolute Gasteiger partial charge is 0.744 e. The van der Waals surface area contributed by atoms with Gasteiger partial charge in [-0.2, -0.15) is 0 Å². The molecule has 0 saturated carbocycles. The van der Waals surface area contributed by atoms with Gasteiger partial charge in [0.1, 0.15) is 20.2 Å². The molecule has 0 bridgehead atoms. The van der Waals surface area contributed by atoms with E-state index in [1.54, 1.807) is 12.1 Å². The van der Waals surface area contributed by atoms with Crippen molar-refractivity contribution in [2.24, 2.45) is 0 Å². The second-order valence-electron chi connectivity index (χ2n) is 10.8. The molecule has 0 unspecified atom stereocenters. The van der Waals surface area contributed by atoms with Crippen molar-refractivity contribution < 1.29 is 25.9 Å². The van der Waals surface area contributed by atoms with Gasteiger partial charge in [-0.3, -0.25) is 0 Å². The first-order valence-corrected chi connectivity index (χ1v) is 17.8. The standard InChI is InChI=1S/2C17H22O3S.Ca/c2*1-2-3-4-5-6-8-14-9-7-10-15-11-12-16(13-17(14)15)21(18,19)20;/h2*7,9-13H,2-6,8H2,1H3,(H,18,19,20);/q;;+2/p-2. The molecule has 0 spiro atoms. The maximum absolute atomic E-state index is 11.2. The summed E-state index contributed by atoms with van der Waals surface area (Å²) in [5.74, 6) is 0. The molecule has 0 radical (unpaired) electrons. The molecular weight excluding hydrogens is 609 g/mol. The Labute approximate surface area is 287 Å². The summed E-state index contributed by atoms with van der Waals surface area (Å²) in [5, 5.41) is 3.72. The summed E-state index contributed by atoms with van der Waals surface area (Å²) in [7, 11) is -8.79. The van der Waals surface area contributed by atoms with Crippen molar-refractivity contribution in [2.75, 3.05) is 0 Å². The maximum atomic E-state index is 11.2. The quantitative estimate of drug-likeness (QED) is 0.0773. The van der Waals surface area contributed by atoms with Crippen molar-refractivity contribution in [3.63, 3.8) is 0 Å². The first-order valence-electron chi connectivity index (χ1n) is 15.0. The Hall–Kier alpha value is -1.52. The Morgan fingerprint density at radius 3 is 1.23 bits per heavy atom. The van der Waals surface area contributed by atoms with Crippen molar-refractivity contribution in [3.8, 4) is 0 Å². The van der Waals surface area contributed by atoms with Gasteiger partial charge in [0.2, 0.25) is 0 Å². The molecule has 0 aromatic heterocycles. The second-order valence-corrected chi connectivity index (χ2v) is 13.6. The SMILES string of the molecule is CCCCCCCc1cccc2ccc(S(=O)(=O)[O-])cc12.CCCCCCCc1cccc2ccc(S(=O)(=O)[O-])cc12.[Ca+2]. The van der Waals surface area contributed by atoms with Crippen LogP contribution >= 0.6 is 0 Å². The zero-order chi connectivity index (χ0) is 30.6. The summed E-state index contributed by atoms with van der Waals surface area (Å²) in [6.45, 7) is 4.38. The van der Waals surface area contributed by atoms with Crippen molar-refractivity contribution >= 4 is 79.5 Å². The Bertz CT molecular complexity index is 1540. The van der Waals surface area contributed by atoms with Crippen molar-refractivity contribution in [1.29, 1.82) is 0 Å². The molecule has 0 N–H and O–H groups in total. The van der Waals surface area contributed by atoms with Gasteiger partial charge < -0.3 is 9.11 Å². The fraction of sp³-hybridized carbons (Fsp3) is 0.412. The minimum atomic E-state index is -4.39. The van der Waals surface area contributed by atoms with E-state index in [0.29, 0.717) is 0 Å². The summed E-state index contributed by atoms with van der Waals surface area (Å²) < 4.78 is 67.0. The average molecular weight is 651 g/mol. The van der Waals surface area contributed by atoms with Gasteiger partial charge >= 0.3 is 37.7 Å². The molecule has 4 aromatic rings. The van der Waals surface area contributed by atoms with Crippen molar-refractivity contribution in [2.45, 2.75) is 101 Å². The van der Waals surface area contributed by atoms with Crippen LogP contribution in [0.4, 0.5) is 0 Å². The van der Waals surface area contributed by atoms with Crippen molar-refractivity contribution in [1.82, 2.24) is 0 Å². The molecule has 43 heavy (non-hydrogen) atoms. The van der Waals surface area contributed by atoms with Gasteiger partial charge in [-0.15, -0.1) is 0 Å². The third kappa shape index (κ3) is 12.1. The van der Waals surface area contributed by atoms with Crippen LogP contribution in [0.5, 0.6) is 0 Å². The van der Waals surface area contributed by atoms with Crippen LogP contribution < -0.4 is 0 Å². The van der Waals surface area contributed by atoms with Crippen LogP contribution in [0.3, 0.4) is 0 Å². The Morgan fingerprint density at radius 1 is 0.512 bits per heavy atom. The average Bonchev–Trinajstić information content (AvgIpc) is 2.96. The fourth-order valence-electron chi connectivity index (χ4n) is 5.22. The Morgan fingerprint density at radius 2 is 0.884 bits per heavy atom. The predicted molar refractivity (Wildman–Crippen MR) is 175 cm³/mol. The van der Waals surface area contributed by atoms with Crippen LogP contribution in [0.15, 0.2) is 82.6 Å². The summed E-state index contributed by atoms with van der Waals surface area (Å²) in [4.78, 5) is -0.290. The van der Waals surface area contributed by atoms with Gasteiger partial charge in [-0.1, -0.05) is 114 Å². The van der Waals surface area contributed by atoms with Gasteiger partial charge in [0, 0.05) is 0 Å². The van der Waals surface area contributed by atoms with Crippen molar-refractivity contribution in [3.05, 3.63) is 83.9 Å². The van der Waals surface area contributed by atoms with Crippen LogP contribution in [0, 0.1) is 0 Å². The van der Waals surface area contributed by atoms with Gasteiger partial charge in [0.15, 0.2) is 0 Å². The molecule has 0 aliphatic rings. The fourth-order valence-corrected chi connectivity index (χ4v) is 6.21. The minimum absolute atomic E-state index is 0. The summed E-state index contributed by atoms with van der Waals surface area (Å²) in [6.07, 6.45) is 13.8. The number of hydrogen-bond acceptors (Lipinski definition) is 6. The van der Waals surface area contributed by atoms with Crippen LogP contribution in [0.1, 0.15) is 89.2 Å². The molecule has 0 fully saturated rings. The second kappa shape index (κ2) is 18.4. The minimum Gasteiger partial charge on any atom is -0.744 e. The van der Waals surface area contributed by atoms with Gasteiger partial charge in [0.25, 0.3) is 0 Å². The van der Waals surface area contributed by atoms with Crippen LogP contribution in [0.25, 0.3) is 21.5 Å². The molecule has 0 heterocycles. The van der Waals surface area contributed by atoms with E-state index < -0.39 is 20.2 Å². The number of unbranched alkanes of at least 4 members (excludes halogenated alkanes) is 8. The van der Waals surface area contributed by atoms with Gasteiger partial charge in [-0.25, -0.2) is 16.8 Å². The molecule has 0 aliphatic carbocycles. The first-order chi connectivity index (χ1) is 20.0. The molecule has 0 aliphatic heterocycles. The third-order valence-corrected chi connectivity index (χ3v) is 9.23. The molecule has 228 valence electrons. The van der Waals surface area contributed by atoms with E-state index in [2.05, 4.69) is 13.8 Å². The molecule has 6 nitrogen and oxygen atoms in total. The summed E-state index contributed by atoms with van der Waals surface area (Å²) in [5.41, 5.74) is 2.24. The van der Waals surface area contributed by atoms with E-state index in [4.69, 9.17) is 0 Å². The predicted octanol–water partition coefficient (Wildman–Crippen LogP) is 8.13. The maximum Gasteiger partial charge on any atom is 2.00 e. The van der Waals surface area contributed by atoms with E-state index in [9.17, 15) is 25.9 Å². The zero-order valence-electron chi connectivity index (χ0n) is 25.4. The number of benzene rings is 4. The Kier molecular flexibility index (Phi) is 16.2. The molecule has 4 aromatic carbocycles.